The third-order valence-corrected chi connectivity index (χ3v) is 2.90. The van der Waals surface area contributed by atoms with E-state index in [1.165, 1.54) is 12.1 Å². The minimum Gasteiger partial charge on any atom is -0.466 e. The molecule has 3 nitrogen and oxygen atoms in total. The van der Waals surface area contributed by atoms with Gasteiger partial charge in [-0.25, -0.2) is 4.39 Å². The molecule has 1 aromatic carbocycles. The molecule has 0 spiro atoms. The van der Waals surface area contributed by atoms with Crippen LogP contribution in [0, 0.1) is 19.7 Å². The van der Waals surface area contributed by atoms with Crippen LogP contribution >= 0.6 is 0 Å². The maximum atomic E-state index is 12.7. The van der Waals surface area contributed by atoms with Gasteiger partial charge in [0.15, 0.2) is 0 Å². The average Bonchev–Trinajstić information content (AvgIpc) is 2.68. The number of benzene rings is 1. The summed E-state index contributed by atoms with van der Waals surface area (Å²) < 4.78 is 18.1. The summed E-state index contributed by atoms with van der Waals surface area (Å²) in [5.41, 5.74) is 1.77. The van der Waals surface area contributed by atoms with Crippen molar-refractivity contribution >= 4 is 5.91 Å². The van der Waals surface area contributed by atoms with E-state index in [2.05, 4.69) is 5.32 Å². The lowest BCUT2D eigenvalue weighted by Gasteiger charge is -2.04. The van der Waals surface area contributed by atoms with Crippen LogP contribution in [0.5, 0.6) is 0 Å². The van der Waals surface area contributed by atoms with Crippen molar-refractivity contribution in [2.75, 3.05) is 0 Å². The van der Waals surface area contributed by atoms with E-state index in [1.807, 2.05) is 19.9 Å². The first-order valence-electron chi connectivity index (χ1n) is 6.11. The number of hydrogen-bond acceptors (Lipinski definition) is 2. The molecule has 0 aliphatic heterocycles. The molecule has 0 saturated heterocycles. The monoisotopic (exact) mass is 261 g/mol. The maximum absolute atomic E-state index is 12.7. The Morgan fingerprint density at radius 3 is 2.53 bits per heavy atom. The second-order valence-corrected chi connectivity index (χ2v) is 4.52. The topological polar surface area (TPSA) is 42.2 Å². The molecule has 0 aliphatic rings. The van der Waals surface area contributed by atoms with Gasteiger partial charge in [-0.3, -0.25) is 4.79 Å². The largest absolute Gasteiger partial charge is 0.466 e. The van der Waals surface area contributed by atoms with Crippen molar-refractivity contribution in [3.8, 4) is 0 Å². The lowest BCUT2D eigenvalue weighted by Crippen LogP contribution is -2.24. The Hall–Kier alpha value is -2.10. The molecule has 1 aromatic heterocycles. The van der Waals surface area contributed by atoms with E-state index < -0.39 is 0 Å². The lowest BCUT2D eigenvalue weighted by atomic mass is 10.1. The predicted molar refractivity (Wildman–Crippen MR) is 70.1 cm³/mol. The molecule has 2 aromatic rings. The van der Waals surface area contributed by atoms with Gasteiger partial charge in [-0.2, -0.15) is 0 Å². The van der Waals surface area contributed by atoms with Crippen LogP contribution in [0.25, 0.3) is 0 Å². The Kier molecular flexibility index (Phi) is 4.00. The zero-order valence-electron chi connectivity index (χ0n) is 11.0. The summed E-state index contributed by atoms with van der Waals surface area (Å²) in [6.07, 6.45) is 0.246. The summed E-state index contributed by atoms with van der Waals surface area (Å²) in [5.74, 6) is 1.26. The van der Waals surface area contributed by atoms with Crippen LogP contribution in [0.1, 0.15) is 22.6 Å². The number of nitrogens with one attached hydrogen (secondary N) is 1. The van der Waals surface area contributed by atoms with E-state index in [0.29, 0.717) is 6.54 Å². The van der Waals surface area contributed by atoms with Crippen molar-refractivity contribution in [1.82, 2.24) is 5.32 Å². The van der Waals surface area contributed by atoms with Gasteiger partial charge in [-0.05, 0) is 37.6 Å². The molecule has 1 N–H and O–H groups in total. The third-order valence-electron chi connectivity index (χ3n) is 2.90. The van der Waals surface area contributed by atoms with E-state index >= 15 is 0 Å². The molecule has 19 heavy (non-hydrogen) atoms. The standard InChI is InChI=1S/C15H16FNO2/c1-10-7-13(11(2)19-10)9-17-15(18)8-12-3-5-14(16)6-4-12/h3-7H,8-9H2,1-2H3,(H,17,18). The van der Waals surface area contributed by atoms with Crippen molar-refractivity contribution in [3.05, 3.63) is 58.8 Å². The van der Waals surface area contributed by atoms with Crippen molar-refractivity contribution in [2.24, 2.45) is 0 Å². The molecule has 0 radical (unpaired) electrons. The van der Waals surface area contributed by atoms with Crippen molar-refractivity contribution in [2.45, 2.75) is 26.8 Å². The van der Waals surface area contributed by atoms with E-state index in [9.17, 15) is 9.18 Å². The lowest BCUT2D eigenvalue weighted by molar-refractivity contribution is -0.120. The van der Waals surface area contributed by atoms with Crippen LogP contribution in [0.2, 0.25) is 0 Å². The Morgan fingerprint density at radius 2 is 1.95 bits per heavy atom. The molecule has 2 rings (SSSR count). The van der Waals surface area contributed by atoms with E-state index in [0.717, 1.165) is 22.6 Å². The molecule has 0 unspecified atom stereocenters. The van der Waals surface area contributed by atoms with Gasteiger partial charge < -0.3 is 9.73 Å². The van der Waals surface area contributed by atoms with Crippen LogP contribution in [-0.2, 0) is 17.8 Å². The van der Waals surface area contributed by atoms with E-state index in [4.69, 9.17) is 4.42 Å². The van der Waals surface area contributed by atoms with Gasteiger partial charge in [0.1, 0.15) is 17.3 Å². The molecule has 100 valence electrons. The summed E-state index contributed by atoms with van der Waals surface area (Å²) in [5, 5.41) is 2.82. The fourth-order valence-electron chi connectivity index (χ4n) is 1.90. The van der Waals surface area contributed by atoms with Crippen molar-refractivity contribution in [1.29, 1.82) is 0 Å². The van der Waals surface area contributed by atoms with Crippen LogP contribution < -0.4 is 5.32 Å². The summed E-state index contributed by atoms with van der Waals surface area (Å²) in [6, 6.07) is 7.84. The molecule has 0 fully saturated rings. The van der Waals surface area contributed by atoms with Crippen molar-refractivity contribution in [3.63, 3.8) is 0 Å². The van der Waals surface area contributed by atoms with Gasteiger partial charge in [0.05, 0.1) is 6.42 Å². The number of rotatable bonds is 4. The first-order chi connectivity index (χ1) is 9.04. The summed E-state index contributed by atoms with van der Waals surface area (Å²) in [6.45, 7) is 4.19. The Labute approximate surface area is 111 Å². The molecule has 4 heteroatoms. The second kappa shape index (κ2) is 5.69. The zero-order chi connectivity index (χ0) is 13.8. The Morgan fingerprint density at radius 1 is 1.26 bits per heavy atom. The average molecular weight is 261 g/mol. The van der Waals surface area contributed by atoms with Gasteiger partial charge in [0.2, 0.25) is 5.91 Å². The van der Waals surface area contributed by atoms with Crippen LogP contribution in [-0.4, -0.2) is 5.91 Å². The van der Waals surface area contributed by atoms with E-state index in [-0.39, 0.29) is 18.1 Å². The third kappa shape index (κ3) is 3.68. The van der Waals surface area contributed by atoms with Crippen molar-refractivity contribution < 1.29 is 13.6 Å². The minimum atomic E-state index is -0.298. The highest BCUT2D eigenvalue weighted by molar-refractivity contribution is 5.78. The fourth-order valence-corrected chi connectivity index (χ4v) is 1.90. The maximum Gasteiger partial charge on any atom is 0.224 e. The number of carbonyl (C=O) groups is 1. The Bertz CT molecular complexity index is 572. The van der Waals surface area contributed by atoms with Gasteiger partial charge in [0.25, 0.3) is 0 Å². The van der Waals surface area contributed by atoms with Gasteiger partial charge in [-0.15, -0.1) is 0 Å². The van der Waals surface area contributed by atoms with Crippen LogP contribution in [0.4, 0.5) is 4.39 Å². The quantitative estimate of drug-likeness (QED) is 0.919. The molecule has 0 bridgehead atoms. The number of furan rings is 1. The summed E-state index contributed by atoms with van der Waals surface area (Å²) >= 11 is 0. The molecule has 1 heterocycles. The van der Waals surface area contributed by atoms with Gasteiger partial charge in [-0.1, -0.05) is 12.1 Å². The number of hydrogen-bond donors (Lipinski definition) is 1. The Balaban J connectivity index is 1.88. The smallest absolute Gasteiger partial charge is 0.224 e. The number of carbonyl (C=O) groups excluding carboxylic acids is 1. The minimum absolute atomic E-state index is 0.0927. The highest BCUT2D eigenvalue weighted by atomic mass is 19.1. The predicted octanol–water partition coefficient (Wildman–Crippen LogP) is 2.89. The first kappa shape index (κ1) is 13.3. The SMILES string of the molecule is Cc1cc(CNC(=O)Cc2ccc(F)cc2)c(C)o1. The highest BCUT2D eigenvalue weighted by Crippen LogP contribution is 2.13. The molecule has 0 saturated carbocycles. The van der Waals surface area contributed by atoms with Gasteiger partial charge in [0, 0.05) is 12.1 Å². The highest BCUT2D eigenvalue weighted by Gasteiger charge is 2.07. The molecule has 1 amide bonds. The molecular weight excluding hydrogens is 245 g/mol. The zero-order valence-corrected chi connectivity index (χ0v) is 11.0. The molecule has 0 atom stereocenters. The normalized spacial score (nSPS) is 10.5. The number of halogens is 1. The van der Waals surface area contributed by atoms with Crippen LogP contribution in [0.3, 0.4) is 0 Å². The summed E-state index contributed by atoms with van der Waals surface area (Å²) in [7, 11) is 0. The van der Waals surface area contributed by atoms with E-state index in [1.54, 1.807) is 12.1 Å². The molecule has 0 aliphatic carbocycles. The summed E-state index contributed by atoms with van der Waals surface area (Å²) in [4.78, 5) is 11.8. The van der Waals surface area contributed by atoms with Crippen LogP contribution in [0.15, 0.2) is 34.7 Å². The second-order valence-electron chi connectivity index (χ2n) is 4.52. The fraction of sp³-hybridized carbons (Fsp3) is 0.267. The molecular formula is C15H16FNO2. The first-order valence-corrected chi connectivity index (χ1v) is 6.11. The number of aryl methyl sites for hydroxylation is 2. The number of amides is 1. The van der Waals surface area contributed by atoms with Gasteiger partial charge >= 0.3 is 0 Å².